The molecular formula is C39H41FN6O2. The molecule has 0 bridgehead atoms. The fraction of sp³-hybridized carbons (Fsp3) is 0.333. The number of carbonyl (C=O) groups is 2. The Kier molecular flexibility index (Phi) is 8.58. The number of nitrogens with zero attached hydrogens (tertiary/aromatic N) is 4. The van der Waals surface area contributed by atoms with Crippen molar-refractivity contribution in [2.45, 2.75) is 56.8 Å². The van der Waals surface area contributed by atoms with Gasteiger partial charge in [-0.15, -0.1) is 0 Å². The van der Waals surface area contributed by atoms with Gasteiger partial charge in [0.05, 0.1) is 17.7 Å². The number of imide groups is 1. The van der Waals surface area contributed by atoms with Gasteiger partial charge in [-0.05, 0) is 96.3 Å². The number of nitrogens with one attached hydrogen (secondary N) is 2. The number of anilines is 2. The molecule has 1 aromatic heterocycles. The highest BCUT2D eigenvalue weighted by atomic mass is 19.1. The topological polar surface area (TPSA) is 89.9 Å². The molecule has 7 rings (SSSR count). The number of halogens is 1. The van der Waals surface area contributed by atoms with E-state index in [4.69, 9.17) is 6.47 Å². The van der Waals surface area contributed by atoms with E-state index in [2.05, 4.69) is 44.9 Å². The Hall–Kier alpha value is -5.05. The quantitative estimate of drug-likeness (QED) is 0.212. The molecule has 3 aliphatic rings. The number of rotatable bonds is 9. The van der Waals surface area contributed by atoms with E-state index in [9.17, 15) is 9.59 Å². The summed E-state index contributed by atoms with van der Waals surface area (Å²) in [5, 5.41) is 7.23. The molecule has 2 atom stereocenters. The Morgan fingerprint density at radius 3 is 2.44 bits per heavy atom. The van der Waals surface area contributed by atoms with Gasteiger partial charge < -0.3 is 10.3 Å². The number of amides is 3. The zero-order chi connectivity index (χ0) is 34.0. The molecule has 48 heavy (non-hydrogen) atoms. The lowest BCUT2D eigenvalue weighted by atomic mass is 9.66. The largest absolute Gasteiger partial charge is 0.371 e. The van der Waals surface area contributed by atoms with Crippen molar-refractivity contribution in [2.24, 2.45) is 5.10 Å². The standard InChI is InChI=1S/C39H41FN6O2/c1-2-3-6-28-9-10-30(25-35(28)40)39(26-42-44-37(39)29-15-20-41-21-16-29)34-8-5-4-7-33(34)27-17-22-45(23-18-27)31-11-13-32(14-12-31)46-24-19-36(47)43-38(46)48/h4-5,7-16,20-21,25,27,42H,2-3,6,17-19,22-24,26H2,1H3,(H,43,47,48)/i6D. The number of piperidine rings is 1. The minimum atomic E-state index is -0.752. The Labute approximate surface area is 282 Å². The first-order valence-electron chi connectivity index (χ1n) is 17.5. The van der Waals surface area contributed by atoms with Gasteiger partial charge in [0.15, 0.2) is 0 Å². The minimum absolute atomic E-state index is 0.243. The molecule has 3 aromatic carbocycles. The molecule has 2 unspecified atom stereocenters. The number of hydrogen-bond acceptors (Lipinski definition) is 6. The molecule has 2 saturated heterocycles. The highest BCUT2D eigenvalue weighted by molar-refractivity contribution is 6.11. The fourth-order valence-corrected chi connectivity index (χ4v) is 7.46. The van der Waals surface area contributed by atoms with Crippen LogP contribution in [-0.4, -0.2) is 48.8 Å². The number of pyridine rings is 1. The van der Waals surface area contributed by atoms with Crippen molar-refractivity contribution < 1.29 is 15.4 Å². The molecule has 4 aromatic rings. The second-order valence-corrected chi connectivity index (χ2v) is 12.8. The lowest BCUT2D eigenvalue weighted by Gasteiger charge is -2.38. The average Bonchev–Trinajstić information content (AvgIpc) is 3.58. The normalized spacial score (nSPS) is 21.0. The molecule has 9 heteroatoms. The van der Waals surface area contributed by atoms with E-state index in [-0.39, 0.29) is 23.7 Å². The molecule has 0 aliphatic carbocycles. The van der Waals surface area contributed by atoms with Crippen LogP contribution >= 0.6 is 0 Å². The van der Waals surface area contributed by atoms with Gasteiger partial charge >= 0.3 is 6.03 Å². The molecule has 3 aliphatic heterocycles. The van der Waals surface area contributed by atoms with Crippen molar-refractivity contribution in [3.8, 4) is 0 Å². The number of benzene rings is 3. The Balaban J connectivity index is 1.18. The smallest absolute Gasteiger partial charge is 0.328 e. The number of aryl methyl sites for hydroxylation is 1. The third-order valence-electron chi connectivity index (χ3n) is 9.98. The third kappa shape index (κ3) is 5.93. The van der Waals surface area contributed by atoms with E-state index < -0.39 is 11.8 Å². The van der Waals surface area contributed by atoms with Crippen LogP contribution in [0.4, 0.5) is 20.6 Å². The Morgan fingerprint density at radius 2 is 1.71 bits per heavy atom. The van der Waals surface area contributed by atoms with Crippen molar-refractivity contribution in [2.75, 3.05) is 36.0 Å². The SMILES string of the molecule is [2H]C(CCC)c1ccc(C2(c3ccccc3C3CCN(c4ccc(N5CCC(=O)NC5=O)cc4)CC3)CNN=C2c2ccncc2)cc1F. The number of aromatic nitrogens is 1. The van der Waals surface area contributed by atoms with Crippen LogP contribution in [0.1, 0.15) is 74.1 Å². The van der Waals surface area contributed by atoms with Crippen LogP contribution in [0.25, 0.3) is 0 Å². The molecular weight excluding hydrogens is 603 g/mol. The summed E-state index contributed by atoms with van der Waals surface area (Å²) < 4.78 is 24.4. The summed E-state index contributed by atoms with van der Waals surface area (Å²) in [5.74, 6) is -0.311. The van der Waals surface area contributed by atoms with Crippen LogP contribution in [0, 0.1) is 5.82 Å². The second kappa shape index (κ2) is 13.6. The molecule has 3 amide bonds. The fourth-order valence-electron chi connectivity index (χ4n) is 7.46. The highest BCUT2D eigenvalue weighted by Crippen LogP contribution is 2.44. The third-order valence-corrected chi connectivity index (χ3v) is 9.98. The van der Waals surface area contributed by atoms with E-state index in [0.717, 1.165) is 66.1 Å². The molecule has 2 fully saturated rings. The molecule has 2 N–H and O–H groups in total. The summed E-state index contributed by atoms with van der Waals surface area (Å²) in [7, 11) is 0. The molecule has 0 spiro atoms. The lowest BCUT2D eigenvalue weighted by Crippen LogP contribution is -2.49. The molecule has 4 heterocycles. The monoisotopic (exact) mass is 645 g/mol. The van der Waals surface area contributed by atoms with Crippen LogP contribution in [0.3, 0.4) is 0 Å². The minimum Gasteiger partial charge on any atom is -0.371 e. The van der Waals surface area contributed by atoms with Crippen LogP contribution < -0.4 is 20.5 Å². The van der Waals surface area contributed by atoms with Gasteiger partial charge in [0.2, 0.25) is 5.91 Å². The van der Waals surface area contributed by atoms with E-state index in [0.29, 0.717) is 31.5 Å². The van der Waals surface area contributed by atoms with Crippen LogP contribution in [0.2, 0.25) is 0 Å². The van der Waals surface area contributed by atoms with Gasteiger partial charge in [0, 0.05) is 56.8 Å². The first kappa shape index (κ1) is 30.3. The van der Waals surface area contributed by atoms with E-state index in [1.165, 1.54) is 5.56 Å². The summed E-state index contributed by atoms with van der Waals surface area (Å²) >= 11 is 0. The summed E-state index contributed by atoms with van der Waals surface area (Å²) in [4.78, 5) is 32.1. The maximum atomic E-state index is 15.9. The first-order chi connectivity index (χ1) is 23.9. The van der Waals surface area contributed by atoms with Crippen molar-refractivity contribution in [3.63, 3.8) is 0 Å². The highest BCUT2D eigenvalue weighted by Gasteiger charge is 2.46. The summed E-state index contributed by atoms with van der Waals surface area (Å²) in [6.45, 7) is 4.59. The van der Waals surface area contributed by atoms with Gasteiger partial charge in [-0.1, -0.05) is 49.7 Å². The van der Waals surface area contributed by atoms with Gasteiger partial charge in [-0.2, -0.15) is 5.10 Å². The number of carbonyl (C=O) groups excluding carboxylic acids is 2. The Bertz CT molecular complexity index is 1860. The van der Waals surface area contributed by atoms with Gasteiger partial charge in [-0.25, -0.2) is 9.18 Å². The second-order valence-electron chi connectivity index (χ2n) is 12.8. The predicted molar refractivity (Wildman–Crippen MR) is 187 cm³/mol. The zero-order valence-corrected chi connectivity index (χ0v) is 27.2. The van der Waals surface area contributed by atoms with Crippen LogP contribution in [0.15, 0.2) is 96.4 Å². The molecule has 8 nitrogen and oxygen atoms in total. The average molecular weight is 646 g/mol. The van der Waals surface area contributed by atoms with Crippen molar-refractivity contribution in [1.82, 2.24) is 15.7 Å². The Morgan fingerprint density at radius 1 is 0.958 bits per heavy atom. The maximum absolute atomic E-state index is 15.9. The van der Waals surface area contributed by atoms with Crippen molar-refractivity contribution in [1.29, 1.82) is 0 Å². The van der Waals surface area contributed by atoms with Crippen molar-refractivity contribution >= 4 is 29.0 Å². The molecule has 246 valence electrons. The molecule has 0 saturated carbocycles. The predicted octanol–water partition coefficient (Wildman–Crippen LogP) is 6.69. The van der Waals surface area contributed by atoms with Gasteiger partial charge in [0.1, 0.15) is 5.82 Å². The summed E-state index contributed by atoms with van der Waals surface area (Å²) in [6.07, 6.45) is 6.51. The number of urea groups is 1. The van der Waals surface area contributed by atoms with Crippen LogP contribution in [-0.2, 0) is 16.6 Å². The summed E-state index contributed by atoms with van der Waals surface area (Å²) in [6, 6.07) is 25.5. The van der Waals surface area contributed by atoms with E-state index in [1.54, 1.807) is 29.4 Å². The zero-order valence-electron chi connectivity index (χ0n) is 28.2. The first-order valence-corrected chi connectivity index (χ1v) is 16.9. The maximum Gasteiger partial charge on any atom is 0.328 e. The van der Waals surface area contributed by atoms with E-state index >= 15 is 4.39 Å². The lowest BCUT2D eigenvalue weighted by molar-refractivity contribution is -0.120. The summed E-state index contributed by atoms with van der Waals surface area (Å²) in [5.41, 5.74) is 9.74. The van der Waals surface area contributed by atoms with Gasteiger partial charge in [-0.3, -0.25) is 20.0 Å². The van der Waals surface area contributed by atoms with Gasteiger partial charge in [0.25, 0.3) is 0 Å². The number of hydrogen-bond donors (Lipinski definition) is 2. The number of hydrazone groups is 1. The van der Waals surface area contributed by atoms with Crippen LogP contribution in [0.5, 0.6) is 0 Å². The van der Waals surface area contributed by atoms with Crippen molar-refractivity contribution in [3.05, 3.63) is 125 Å². The molecule has 0 radical (unpaired) electrons. The van der Waals surface area contributed by atoms with E-state index in [1.807, 2.05) is 49.4 Å².